The molecule has 0 spiro atoms. The molecule has 2 nitrogen and oxygen atoms in total. The van der Waals surface area contributed by atoms with Gasteiger partial charge in [-0.15, -0.1) is 11.3 Å². The standard InChI is InChI=1S/C15H18FNOS/c1-10(2)15(14-5-4-8-19-14)17-13-9-11(18-3)6-7-12(13)16/h4-10,15,17H,1-3H3. The van der Waals surface area contributed by atoms with Gasteiger partial charge in [0.2, 0.25) is 0 Å². The van der Waals surface area contributed by atoms with Gasteiger partial charge >= 0.3 is 0 Å². The molecule has 2 rings (SSSR count). The van der Waals surface area contributed by atoms with Gasteiger partial charge in [0.25, 0.3) is 0 Å². The van der Waals surface area contributed by atoms with E-state index in [1.54, 1.807) is 30.6 Å². The van der Waals surface area contributed by atoms with E-state index >= 15 is 0 Å². The predicted octanol–water partition coefficient (Wildman–Crippen LogP) is 4.71. The van der Waals surface area contributed by atoms with Crippen LogP contribution < -0.4 is 10.1 Å². The van der Waals surface area contributed by atoms with Gasteiger partial charge in [-0.25, -0.2) is 4.39 Å². The molecule has 0 bridgehead atoms. The number of hydrogen-bond donors (Lipinski definition) is 1. The molecule has 102 valence electrons. The van der Waals surface area contributed by atoms with E-state index in [0.717, 1.165) is 0 Å². The first-order valence-electron chi connectivity index (χ1n) is 6.25. The fraction of sp³-hybridized carbons (Fsp3) is 0.333. The Balaban J connectivity index is 2.27. The summed E-state index contributed by atoms with van der Waals surface area (Å²) in [5.41, 5.74) is 0.478. The lowest BCUT2D eigenvalue weighted by Crippen LogP contribution is -2.16. The summed E-state index contributed by atoms with van der Waals surface area (Å²) in [6.07, 6.45) is 0. The molecule has 0 radical (unpaired) electrons. The molecule has 0 aliphatic heterocycles. The van der Waals surface area contributed by atoms with E-state index in [2.05, 4.69) is 25.2 Å². The highest BCUT2D eigenvalue weighted by Crippen LogP contribution is 2.32. The first-order valence-corrected chi connectivity index (χ1v) is 7.13. The van der Waals surface area contributed by atoms with E-state index in [0.29, 0.717) is 17.4 Å². The number of thiophene rings is 1. The molecule has 1 aromatic carbocycles. The van der Waals surface area contributed by atoms with Crippen LogP contribution in [0.4, 0.5) is 10.1 Å². The van der Waals surface area contributed by atoms with Crippen molar-refractivity contribution in [1.29, 1.82) is 0 Å². The third-order valence-corrected chi connectivity index (χ3v) is 3.96. The van der Waals surface area contributed by atoms with Gasteiger partial charge in [-0.2, -0.15) is 0 Å². The van der Waals surface area contributed by atoms with Gasteiger partial charge in [0.15, 0.2) is 0 Å². The monoisotopic (exact) mass is 279 g/mol. The molecule has 19 heavy (non-hydrogen) atoms. The molecule has 0 aliphatic rings. The van der Waals surface area contributed by atoms with Gasteiger partial charge in [0, 0.05) is 10.9 Å². The van der Waals surface area contributed by atoms with Crippen LogP contribution in [0.5, 0.6) is 5.75 Å². The summed E-state index contributed by atoms with van der Waals surface area (Å²) >= 11 is 1.68. The Kier molecular flexibility index (Phi) is 4.43. The van der Waals surface area contributed by atoms with Crippen LogP contribution in [0.3, 0.4) is 0 Å². The van der Waals surface area contributed by atoms with Gasteiger partial charge < -0.3 is 10.1 Å². The lowest BCUT2D eigenvalue weighted by Gasteiger charge is -2.23. The smallest absolute Gasteiger partial charge is 0.146 e. The number of nitrogens with one attached hydrogen (secondary N) is 1. The number of hydrogen-bond acceptors (Lipinski definition) is 3. The van der Waals surface area contributed by atoms with Gasteiger partial charge in [0.05, 0.1) is 18.8 Å². The van der Waals surface area contributed by atoms with Crippen LogP contribution in [0.2, 0.25) is 0 Å². The minimum atomic E-state index is -0.261. The van der Waals surface area contributed by atoms with E-state index in [1.165, 1.54) is 10.9 Å². The Morgan fingerprint density at radius 3 is 2.63 bits per heavy atom. The summed E-state index contributed by atoms with van der Waals surface area (Å²) in [6, 6.07) is 8.92. The topological polar surface area (TPSA) is 21.3 Å². The maximum atomic E-state index is 13.9. The molecule has 0 amide bonds. The highest BCUT2D eigenvalue weighted by Gasteiger charge is 2.18. The van der Waals surface area contributed by atoms with Crippen molar-refractivity contribution in [3.8, 4) is 5.75 Å². The Hall–Kier alpha value is -1.55. The van der Waals surface area contributed by atoms with Gasteiger partial charge in [-0.1, -0.05) is 19.9 Å². The van der Waals surface area contributed by atoms with E-state index in [-0.39, 0.29) is 11.9 Å². The maximum Gasteiger partial charge on any atom is 0.146 e. The molecule has 0 saturated heterocycles. The fourth-order valence-corrected chi connectivity index (χ4v) is 2.89. The second kappa shape index (κ2) is 6.06. The molecule has 1 atom stereocenters. The third-order valence-electron chi connectivity index (χ3n) is 3.00. The summed E-state index contributed by atoms with van der Waals surface area (Å²) in [5, 5.41) is 5.32. The molecule has 0 fully saturated rings. The number of methoxy groups -OCH3 is 1. The maximum absolute atomic E-state index is 13.9. The summed E-state index contributed by atoms with van der Waals surface area (Å²) in [4.78, 5) is 1.21. The van der Waals surface area contributed by atoms with Gasteiger partial charge in [-0.3, -0.25) is 0 Å². The number of benzene rings is 1. The number of ether oxygens (including phenoxy) is 1. The van der Waals surface area contributed by atoms with Crippen molar-refractivity contribution >= 4 is 17.0 Å². The number of rotatable bonds is 5. The molecule has 1 N–H and O–H groups in total. The zero-order valence-electron chi connectivity index (χ0n) is 11.3. The van der Waals surface area contributed by atoms with Gasteiger partial charge in [-0.05, 0) is 29.5 Å². The fourth-order valence-electron chi connectivity index (χ4n) is 1.94. The van der Waals surface area contributed by atoms with Crippen LogP contribution in [0, 0.1) is 11.7 Å². The molecule has 1 unspecified atom stereocenters. The lowest BCUT2D eigenvalue weighted by atomic mass is 10.0. The zero-order valence-corrected chi connectivity index (χ0v) is 12.1. The molecule has 0 saturated carbocycles. The summed E-state index contributed by atoms with van der Waals surface area (Å²) < 4.78 is 19.0. The van der Waals surface area contributed by atoms with E-state index in [4.69, 9.17) is 4.74 Å². The molecular weight excluding hydrogens is 261 g/mol. The van der Waals surface area contributed by atoms with Crippen molar-refractivity contribution in [2.45, 2.75) is 19.9 Å². The van der Waals surface area contributed by atoms with E-state index in [9.17, 15) is 4.39 Å². The minimum absolute atomic E-state index is 0.0987. The molecule has 0 aliphatic carbocycles. The average Bonchev–Trinajstić information content (AvgIpc) is 2.91. The van der Waals surface area contributed by atoms with Crippen LogP contribution in [-0.2, 0) is 0 Å². The second-order valence-corrected chi connectivity index (χ2v) is 5.71. The molecular formula is C15H18FNOS. The minimum Gasteiger partial charge on any atom is -0.497 e. The van der Waals surface area contributed by atoms with Gasteiger partial charge in [0.1, 0.15) is 11.6 Å². The molecule has 1 heterocycles. The Morgan fingerprint density at radius 2 is 2.05 bits per heavy atom. The highest BCUT2D eigenvalue weighted by molar-refractivity contribution is 7.10. The summed E-state index contributed by atoms with van der Waals surface area (Å²) in [5.74, 6) is 0.754. The zero-order chi connectivity index (χ0) is 13.8. The van der Waals surface area contributed by atoms with Crippen LogP contribution in [-0.4, -0.2) is 7.11 Å². The average molecular weight is 279 g/mol. The molecule has 2 aromatic rings. The highest BCUT2D eigenvalue weighted by atomic mass is 32.1. The SMILES string of the molecule is COc1ccc(F)c(NC(c2cccs2)C(C)C)c1. The van der Waals surface area contributed by atoms with Crippen LogP contribution in [0.1, 0.15) is 24.8 Å². The molecule has 1 aromatic heterocycles. The van der Waals surface area contributed by atoms with Crippen LogP contribution in [0.15, 0.2) is 35.7 Å². The first-order chi connectivity index (χ1) is 9.11. The Morgan fingerprint density at radius 1 is 1.26 bits per heavy atom. The van der Waals surface area contributed by atoms with Crippen LogP contribution >= 0.6 is 11.3 Å². The van der Waals surface area contributed by atoms with E-state index in [1.807, 2.05) is 11.4 Å². The van der Waals surface area contributed by atoms with Crippen molar-refractivity contribution in [3.05, 3.63) is 46.4 Å². The van der Waals surface area contributed by atoms with Crippen molar-refractivity contribution < 1.29 is 9.13 Å². The summed E-state index contributed by atoms with van der Waals surface area (Å²) in [7, 11) is 1.58. The van der Waals surface area contributed by atoms with Crippen molar-refractivity contribution in [1.82, 2.24) is 0 Å². The third kappa shape index (κ3) is 3.26. The normalized spacial score (nSPS) is 12.5. The molecule has 4 heteroatoms. The largest absolute Gasteiger partial charge is 0.497 e. The Labute approximate surface area is 117 Å². The van der Waals surface area contributed by atoms with Crippen molar-refractivity contribution in [2.24, 2.45) is 5.92 Å². The van der Waals surface area contributed by atoms with Crippen LogP contribution in [0.25, 0.3) is 0 Å². The second-order valence-electron chi connectivity index (χ2n) is 4.73. The first kappa shape index (κ1) is 13.9. The summed E-state index contributed by atoms with van der Waals surface area (Å²) in [6.45, 7) is 4.24. The Bertz CT molecular complexity index is 525. The quantitative estimate of drug-likeness (QED) is 0.856. The van der Waals surface area contributed by atoms with Crippen molar-refractivity contribution in [2.75, 3.05) is 12.4 Å². The predicted molar refractivity (Wildman–Crippen MR) is 78.5 cm³/mol. The number of halogens is 1. The van der Waals surface area contributed by atoms with E-state index < -0.39 is 0 Å². The lowest BCUT2D eigenvalue weighted by molar-refractivity contribution is 0.413. The van der Waals surface area contributed by atoms with Crippen molar-refractivity contribution in [3.63, 3.8) is 0 Å². The number of anilines is 1.